The Labute approximate surface area is 198 Å². The summed E-state index contributed by atoms with van der Waals surface area (Å²) in [5, 5.41) is 8.04. The van der Waals surface area contributed by atoms with Gasteiger partial charge in [-0.3, -0.25) is 18.7 Å². The molecule has 0 unspecified atom stereocenters. The van der Waals surface area contributed by atoms with Gasteiger partial charge in [-0.25, -0.2) is 9.78 Å². The quantitative estimate of drug-likeness (QED) is 0.375. The van der Waals surface area contributed by atoms with Gasteiger partial charge in [-0.05, 0) is 30.7 Å². The summed E-state index contributed by atoms with van der Waals surface area (Å²) >= 11 is 2.91. The van der Waals surface area contributed by atoms with Gasteiger partial charge in [0, 0.05) is 36.7 Å². The largest absolute Gasteiger partial charge is 0.351 e. The van der Waals surface area contributed by atoms with Crippen LogP contribution < -0.4 is 16.3 Å². The Morgan fingerprint density at radius 1 is 1.06 bits per heavy atom. The van der Waals surface area contributed by atoms with Crippen LogP contribution in [0.4, 0.5) is 5.13 Å². The van der Waals surface area contributed by atoms with Gasteiger partial charge in [0.15, 0.2) is 5.13 Å². The second-order valence-corrected chi connectivity index (χ2v) is 9.61. The molecule has 2 N–H and O–H groups in total. The lowest BCUT2D eigenvalue weighted by molar-refractivity contribution is -0.119. The summed E-state index contributed by atoms with van der Waals surface area (Å²) in [6, 6.07) is 11.6. The lowest BCUT2D eigenvalue weighted by atomic mass is 10.3. The van der Waals surface area contributed by atoms with Crippen molar-refractivity contribution < 1.29 is 9.59 Å². The zero-order valence-corrected chi connectivity index (χ0v) is 20.1. The second-order valence-electron chi connectivity index (χ2n) is 7.59. The Morgan fingerprint density at radius 3 is 2.48 bits per heavy atom. The first-order valence-electron chi connectivity index (χ1n) is 10.7. The number of hydrogen-bond acceptors (Lipinski definition) is 6. The van der Waals surface area contributed by atoms with E-state index in [1.165, 1.54) is 18.3 Å². The maximum atomic E-state index is 12.9. The summed E-state index contributed by atoms with van der Waals surface area (Å²) < 4.78 is 3.43. The molecule has 8 nitrogen and oxygen atoms in total. The third-order valence-electron chi connectivity index (χ3n) is 5.11. The fraction of sp³-hybridized carbons (Fsp3) is 0.304. The highest BCUT2D eigenvalue weighted by Gasteiger charge is 2.14. The molecule has 172 valence electrons. The minimum absolute atomic E-state index is 0.0687. The molecule has 0 aliphatic rings. The van der Waals surface area contributed by atoms with Crippen molar-refractivity contribution >= 4 is 50.7 Å². The van der Waals surface area contributed by atoms with Crippen molar-refractivity contribution in [2.75, 3.05) is 5.32 Å². The Balaban J connectivity index is 1.40. The van der Waals surface area contributed by atoms with E-state index in [1.54, 1.807) is 20.5 Å². The topological polar surface area (TPSA) is 98.0 Å². The van der Waals surface area contributed by atoms with Crippen LogP contribution in [0.1, 0.15) is 31.6 Å². The van der Waals surface area contributed by atoms with Crippen molar-refractivity contribution in [3.8, 4) is 10.6 Å². The molecule has 0 bridgehead atoms. The van der Waals surface area contributed by atoms with Crippen LogP contribution in [0.15, 0.2) is 46.6 Å². The molecule has 0 fully saturated rings. The fourth-order valence-corrected chi connectivity index (χ4v) is 5.30. The number of benzene rings is 1. The number of carbonyl (C=O) groups excluding carboxylic acids is 2. The van der Waals surface area contributed by atoms with Crippen LogP contribution in [-0.4, -0.2) is 25.9 Å². The average molecular weight is 484 g/mol. The number of aromatic nitrogens is 3. The maximum absolute atomic E-state index is 12.9. The fourth-order valence-electron chi connectivity index (χ4n) is 3.59. The van der Waals surface area contributed by atoms with Gasteiger partial charge in [-0.1, -0.05) is 19.1 Å². The molecule has 10 heteroatoms. The Bertz CT molecular complexity index is 1350. The molecular weight excluding hydrogens is 458 g/mol. The summed E-state index contributed by atoms with van der Waals surface area (Å²) in [5.74, 6) is -0.256. The van der Waals surface area contributed by atoms with Crippen molar-refractivity contribution in [2.24, 2.45) is 0 Å². The van der Waals surface area contributed by atoms with Crippen LogP contribution in [0.5, 0.6) is 0 Å². The first-order chi connectivity index (χ1) is 16.0. The van der Waals surface area contributed by atoms with Crippen molar-refractivity contribution in [1.29, 1.82) is 0 Å². The molecule has 3 aromatic heterocycles. The van der Waals surface area contributed by atoms with E-state index < -0.39 is 0 Å². The van der Waals surface area contributed by atoms with Crippen molar-refractivity contribution in [1.82, 2.24) is 19.4 Å². The molecule has 0 radical (unpaired) electrons. The smallest absolute Gasteiger partial charge is 0.329 e. The molecule has 33 heavy (non-hydrogen) atoms. The number of anilines is 1. The number of fused-ring (bicyclic) bond motifs is 1. The zero-order chi connectivity index (χ0) is 23.4. The van der Waals surface area contributed by atoms with E-state index >= 15 is 0 Å². The lowest BCUT2D eigenvalue weighted by Gasteiger charge is -2.04. The van der Waals surface area contributed by atoms with Crippen LogP contribution >= 0.6 is 22.7 Å². The van der Waals surface area contributed by atoms with Gasteiger partial charge >= 0.3 is 5.69 Å². The zero-order valence-electron chi connectivity index (χ0n) is 18.5. The lowest BCUT2D eigenvalue weighted by Crippen LogP contribution is -2.26. The predicted molar refractivity (Wildman–Crippen MR) is 133 cm³/mol. The molecule has 2 amide bonds. The summed E-state index contributed by atoms with van der Waals surface area (Å²) in [7, 11) is 0. The molecule has 4 rings (SSSR count). The molecule has 4 aromatic rings. The van der Waals surface area contributed by atoms with Crippen LogP contribution in [0.2, 0.25) is 0 Å². The highest BCUT2D eigenvalue weighted by atomic mass is 32.1. The molecule has 0 aliphatic heterocycles. The molecule has 0 atom stereocenters. The van der Waals surface area contributed by atoms with E-state index in [4.69, 9.17) is 0 Å². The Morgan fingerprint density at radius 2 is 1.79 bits per heavy atom. The van der Waals surface area contributed by atoms with Gasteiger partial charge < -0.3 is 10.6 Å². The van der Waals surface area contributed by atoms with E-state index in [0.717, 1.165) is 32.9 Å². The summed E-state index contributed by atoms with van der Waals surface area (Å²) in [4.78, 5) is 43.0. The van der Waals surface area contributed by atoms with Crippen molar-refractivity contribution in [3.63, 3.8) is 0 Å². The molecule has 0 aliphatic carbocycles. The minimum atomic E-state index is -0.187. The van der Waals surface area contributed by atoms with Gasteiger partial charge in [0.25, 0.3) is 0 Å². The van der Waals surface area contributed by atoms with Gasteiger partial charge in [-0.15, -0.1) is 22.7 Å². The third-order valence-corrected chi connectivity index (χ3v) is 6.98. The summed E-state index contributed by atoms with van der Waals surface area (Å²) in [6.45, 7) is 4.97. The van der Waals surface area contributed by atoms with Gasteiger partial charge in [0.05, 0.1) is 28.1 Å². The van der Waals surface area contributed by atoms with Gasteiger partial charge in [0.1, 0.15) is 0 Å². The number of carbonyl (C=O) groups is 2. The molecule has 3 heterocycles. The number of aryl methyl sites for hydroxylation is 2. The standard InChI is InChI=1S/C23H25N5O3S2/c1-3-11-27-18-6-4-5-7-19(18)28(23(27)31)12-10-21(30)26-22-25-17(14-32-22)20-9-8-16(33-20)13-24-15(2)29/h4-9,14H,3,10-13H2,1-2H3,(H,24,29)(H,25,26,30). The first-order valence-corrected chi connectivity index (χ1v) is 12.4. The number of nitrogens with one attached hydrogen (secondary N) is 2. The molecule has 0 saturated heterocycles. The molecule has 0 saturated carbocycles. The normalized spacial score (nSPS) is 11.1. The molecule has 0 spiro atoms. The van der Waals surface area contributed by atoms with Crippen molar-refractivity contribution in [3.05, 3.63) is 57.1 Å². The molecule has 1 aromatic carbocycles. The number of nitrogens with zero attached hydrogens (tertiary/aromatic N) is 3. The first kappa shape index (κ1) is 22.9. The highest BCUT2D eigenvalue weighted by molar-refractivity contribution is 7.17. The number of imidazole rings is 1. The number of thiazole rings is 1. The van der Waals surface area contributed by atoms with E-state index in [-0.39, 0.29) is 23.9 Å². The molecular formula is C23H25N5O3S2. The van der Waals surface area contributed by atoms with Crippen LogP contribution in [0.3, 0.4) is 0 Å². The number of amides is 2. The number of para-hydroxylation sites is 2. The summed E-state index contributed by atoms with van der Waals surface area (Å²) in [5.41, 5.74) is 2.43. The average Bonchev–Trinajstić information content (AvgIpc) is 3.51. The monoisotopic (exact) mass is 483 g/mol. The highest BCUT2D eigenvalue weighted by Crippen LogP contribution is 2.30. The summed E-state index contributed by atoms with van der Waals surface area (Å²) in [6.07, 6.45) is 1.04. The predicted octanol–water partition coefficient (Wildman–Crippen LogP) is 4.06. The van der Waals surface area contributed by atoms with Gasteiger partial charge in [0.2, 0.25) is 11.8 Å². The van der Waals surface area contributed by atoms with Crippen LogP contribution in [0, 0.1) is 0 Å². The SMILES string of the molecule is CCCn1c(=O)n(CCC(=O)Nc2nc(-c3ccc(CNC(C)=O)s3)cs2)c2ccccc21. The van der Waals surface area contributed by atoms with Crippen LogP contribution in [-0.2, 0) is 29.2 Å². The van der Waals surface area contributed by atoms with E-state index in [2.05, 4.69) is 15.6 Å². The maximum Gasteiger partial charge on any atom is 0.329 e. The van der Waals surface area contributed by atoms with E-state index in [0.29, 0.717) is 24.8 Å². The van der Waals surface area contributed by atoms with E-state index in [1.807, 2.05) is 48.7 Å². The second kappa shape index (κ2) is 10.1. The Kier molecular flexibility index (Phi) is 7.05. The number of thiophene rings is 1. The van der Waals surface area contributed by atoms with Crippen molar-refractivity contribution in [2.45, 2.75) is 46.3 Å². The van der Waals surface area contributed by atoms with E-state index in [9.17, 15) is 14.4 Å². The van der Waals surface area contributed by atoms with Gasteiger partial charge in [-0.2, -0.15) is 0 Å². The number of rotatable bonds is 9. The third kappa shape index (κ3) is 5.23. The number of hydrogen-bond donors (Lipinski definition) is 2. The minimum Gasteiger partial charge on any atom is -0.351 e. The van der Waals surface area contributed by atoms with Crippen LogP contribution in [0.25, 0.3) is 21.6 Å². The Hall–Kier alpha value is -3.24.